The third-order valence-electron chi connectivity index (χ3n) is 5.63. The Morgan fingerprint density at radius 2 is 2.22 bits per heavy atom. The number of aryl methyl sites for hydroxylation is 1. The molecule has 2 aromatic rings. The van der Waals surface area contributed by atoms with Gasteiger partial charge in [0, 0.05) is 25.0 Å². The van der Waals surface area contributed by atoms with Gasteiger partial charge in [-0.25, -0.2) is 4.98 Å². The Labute approximate surface area is 156 Å². The van der Waals surface area contributed by atoms with Crippen LogP contribution < -0.4 is 5.32 Å². The lowest BCUT2D eigenvalue weighted by Crippen LogP contribution is -2.40. The molecule has 0 bridgehead atoms. The van der Waals surface area contributed by atoms with Gasteiger partial charge < -0.3 is 19.2 Å². The molecule has 9 heteroatoms. The van der Waals surface area contributed by atoms with Gasteiger partial charge in [0.1, 0.15) is 0 Å². The average molecular weight is 373 g/mol. The smallest absolute Gasteiger partial charge is 0.288 e. The standard InChI is InChI=1S/C18H23N5O4/c1-10(2)16(25)23-7-12-4-13(21-15(24)14-6-19-9-26-14)5-18(12,8-23)17-20-11(3)22-27-17/h6,9-10,12-13H,4-5,7-8H2,1-3H3,(H,21,24)/t12?,13-,18+/m1/s1. The molecule has 2 aromatic heterocycles. The minimum Gasteiger partial charge on any atom is -0.438 e. The Bertz CT molecular complexity index is 846. The Morgan fingerprint density at radius 3 is 2.85 bits per heavy atom. The molecule has 0 radical (unpaired) electrons. The summed E-state index contributed by atoms with van der Waals surface area (Å²) >= 11 is 0. The molecule has 9 nitrogen and oxygen atoms in total. The lowest BCUT2D eigenvalue weighted by molar-refractivity contribution is -0.133. The predicted molar refractivity (Wildman–Crippen MR) is 92.6 cm³/mol. The molecule has 27 heavy (non-hydrogen) atoms. The second-order valence-corrected chi connectivity index (χ2v) is 7.85. The van der Waals surface area contributed by atoms with Crippen LogP contribution in [-0.2, 0) is 10.2 Å². The molecule has 1 saturated carbocycles. The summed E-state index contributed by atoms with van der Waals surface area (Å²) in [5, 5.41) is 6.96. The molecule has 3 atom stereocenters. The van der Waals surface area contributed by atoms with Crippen molar-refractivity contribution in [2.45, 2.75) is 45.1 Å². The fraction of sp³-hybridized carbons (Fsp3) is 0.611. The summed E-state index contributed by atoms with van der Waals surface area (Å²) in [7, 11) is 0. The first kappa shape index (κ1) is 17.7. The topological polar surface area (TPSA) is 114 Å². The second-order valence-electron chi connectivity index (χ2n) is 7.85. The number of hydrogen-bond donors (Lipinski definition) is 1. The van der Waals surface area contributed by atoms with Crippen molar-refractivity contribution in [2.75, 3.05) is 13.1 Å². The highest BCUT2D eigenvalue weighted by atomic mass is 16.5. The zero-order chi connectivity index (χ0) is 19.2. The van der Waals surface area contributed by atoms with E-state index in [-0.39, 0.29) is 35.5 Å². The molecule has 2 aliphatic rings. The summed E-state index contributed by atoms with van der Waals surface area (Å²) in [5.41, 5.74) is -0.425. The summed E-state index contributed by atoms with van der Waals surface area (Å²) in [6, 6.07) is -0.0592. The van der Waals surface area contributed by atoms with E-state index in [1.54, 1.807) is 6.92 Å². The number of rotatable bonds is 4. The van der Waals surface area contributed by atoms with E-state index in [9.17, 15) is 9.59 Å². The van der Waals surface area contributed by atoms with E-state index in [1.165, 1.54) is 12.6 Å². The SMILES string of the molecule is Cc1noc([C@]23C[C@H](NC(=O)c4cnco4)CC2CN(C(=O)C(C)C)C3)n1. The average Bonchev–Trinajstić information content (AvgIpc) is 3.36. The summed E-state index contributed by atoms with van der Waals surface area (Å²) in [6.07, 6.45) is 4.01. The molecule has 2 amide bonds. The van der Waals surface area contributed by atoms with Crippen LogP contribution in [0.4, 0.5) is 0 Å². The molecular weight excluding hydrogens is 350 g/mol. The normalized spacial score (nSPS) is 27.2. The molecule has 2 fully saturated rings. The minimum atomic E-state index is -0.425. The Hall–Kier alpha value is -2.71. The van der Waals surface area contributed by atoms with Crippen LogP contribution >= 0.6 is 0 Å². The molecule has 4 rings (SSSR count). The summed E-state index contributed by atoms with van der Waals surface area (Å²) in [6.45, 7) is 6.75. The highest BCUT2D eigenvalue weighted by Gasteiger charge is 2.58. The molecule has 144 valence electrons. The largest absolute Gasteiger partial charge is 0.438 e. The van der Waals surface area contributed by atoms with Gasteiger partial charge in [0.25, 0.3) is 5.91 Å². The van der Waals surface area contributed by atoms with Gasteiger partial charge in [-0.2, -0.15) is 4.98 Å². The number of hydrogen-bond acceptors (Lipinski definition) is 7. The quantitative estimate of drug-likeness (QED) is 0.859. The predicted octanol–water partition coefficient (Wildman–Crippen LogP) is 1.31. The van der Waals surface area contributed by atoms with Crippen LogP contribution in [0.2, 0.25) is 0 Å². The first-order chi connectivity index (χ1) is 12.9. The maximum atomic E-state index is 12.5. The van der Waals surface area contributed by atoms with E-state index in [0.29, 0.717) is 31.2 Å². The number of oxazole rings is 1. The Kier molecular flexibility index (Phi) is 4.24. The molecule has 1 aliphatic carbocycles. The minimum absolute atomic E-state index is 0.0592. The van der Waals surface area contributed by atoms with Crippen LogP contribution in [0.1, 0.15) is 49.0 Å². The highest BCUT2D eigenvalue weighted by Crippen LogP contribution is 2.50. The zero-order valence-corrected chi connectivity index (χ0v) is 15.6. The third kappa shape index (κ3) is 3.00. The molecule has 1 unspecified atom stereocenters. The van der Waals surface area contributed by atoms with Crippen LogP contribution in [0, 0.1) is 18.8 Å². The van der Waals surface area contributed by atoms with Crippen molar-refractivity contribution in [1.82, 2.24) is 25.3 Å². The van der Waals surface area contributed by atoms with E-state index in [0.717, 1.165) is 6.42 Å². The number of amides is 2. The van der Waals surface area contributed by atoms with E-state index in [1.807, 2.05) is 18.7 Å². The second kappa shape index (κ2) is 6.47. The van der Waals surface area contributed by atoms with Crippen molar-refractivity contribution in [3.05, 3.63) is 30.1 Å². The van der Waals surface area contributed by atoms with Crippen molar-refractivity contribution in [3.8, 4) is 0 Å². The molecule has 3 heterocycles. The van der Waals surface area contributed by atoms with Crippen LogP contribution in [0.3, 0.4) is 0 Å². The van der Waals surface area contributed by atoms with E-state index >= 15 is 0 Å². The van der Waals surface area contributed by atoms with Crippen molar-refractivity contribution in [2.24, 2.45) is 11.8 Å². The first-order valence-corrected chi connectivity index (χ1v) is 9.18. The van der Waals surface area contributed by atoms with Crippen LogP contribution in [-0.4, -0.2) is 51.0 Å². The van der Waals surface area contributed by atoms with Crippen molar-refractivity contribution in [1.29, 1.82) is 0 Å². The van der Waals surface area contributed by atoms with Gasteiger partial charge in [0.05, 0.1) is 11.6 Å². The fourth-order valence-electron chi connectivity index (χ4n) is 4.43. The maximum Gasteiger partial charge on any atom is 0.288 e. The van der Waals surface area contributed by atoms with Gasteiger partial charge in [-0.1, -0.05) is 19.0 Å². The van der Waals surface area contributed by atoms with Crippen LogP contribution in [0.5, 0.6) is 0 Å². The molecule has 0 spiro atoms. The fourth-order valence-corrected chi connectivity index (χ4v) is 4.43. The lowest BCUT2D eigenvalue weighted by atomic mass is 9.80. The number of fused-ring (bicyclic) bond motifs is 1. The Morgan fingerprint density at radius 1 is 1.41 bits per heavy atom. The van der Waals surface area contributed by atoms with Gasteiger partial charge in [0.15, 0.2) is 12.2 Å². The highest BCUT2D eigenvalue weighted by molar-refractivity contribution is 5.91. The van der Waals surface area contributed by atoms with E-state index in [2.05, 4.69) is 20.4 Å². The molecule has 1 aliphatic heterocycles. The molecule has 0 aromatic carbocycles. The number of likely N-dealkylation sites (tertiary alicyclic amines) is 1. The number of nitrogens with one attached hydrogen (secondary N) is 1. The number of carbonyl (C=O) groups excluding carboxylic acids is 2. The van der Waals surface area contributed by atoms with Gasteiger partial charge in [-0.3, -0.25) is 9.59 Å². The van der Waals surface area contributed by atoms with Crippen molar-refractivity contribution in [3.63, 3.8) is 0 Å². The van der Waals surface area contributed by atoms with Gasteiger partial charge in [-0.15, -0.1) is 0 Å². The number of aromatic nitrogens is 3. The van der Waals surface area contributed by atoms with Crippen molar-refractivity contribution < 1.29 is 18.5 Å². The zero-order valence-electron chi connectivity index (χ0n) is 15.6. The Balaban J connectivity index is 1.57. The molecule has 1 N–H and O–H groups in total. The van der Waals surface area contributed by atoms with Gasteiger partial charge in [-0.05, 0) is 25.7 Å². The molecule has 1 saturated heterocycles. The lowest BCUT2D eigenvalue weighted by Gasteiger charge is -2.26. The van der Waals surface area contributed by atoms with Crippen LogP contribution in [0.25, 0.3) is 0 Å². The van der Waals surface area contributed by atoms with Crippen LogP contribution in [0.15, 0.2) is 21.5 Å². The van der Waals surface area contributed by atoms with E-state index in [4.69, 9.17) is 8.94 Å². The first-order valence-electron chi connectivity index (χ1n) is 9.18. The van der Waals surface area contributed by atoms with Gasteiger partial charge in [0.2, 0.25) is 17.6 Å². The van der Waals surface area contributed by atoms with Crippen molar-refractivity contribution >= 4 is 11.8 Å². The summed E-state index contributed by atoms with van der Waals surface area (Å²) < 4.78 is 10.6. The summed E-state index contributed by atoms with van der Waals surface area (Å²) in [5.74, 6) is 1.24. The molecular formula is C18H23N5O4. The summed E-state index contributed by atoms with van der Waals surface area (Å²) in [4.78, 5) is 35.0. The third-order valence-corrected chi connectivity index (χ3v) is 5.63. The van der Waals surface area contributed by atoms with E-state index < -0.39 is 5.41 Å². The van der Waals surface area contributed by atoms with Gasteiger partial charge >= 0.3 is 0 Å². The maximum absolute atomic E-state index is 12.5. The number of carbonyl (C=O) groups is 2. The monoisotopic (exact) mass is 373 g/mol. The number of nitrogens with zero attached hydrogens (tertiary/aromatic N) is 4.